The lowest BCUT2D eigenvalue weighted by Gasteiger charge is -2.33. The number of nitrogens with zero attached hydrogens (tertiary/aromatic N) is 3. The highest BCUT2D eigenvalue weighted by Crippen LogP contribution is 2.29. The Morgan fingerprint density at radius 3 is 2.53 bits per heavy atom. The first-order valence-corrected chi connectivity index (χ1v) is 12.8. The minimum Gasteiger partial charge on any atom is -0.335 e. The fourth-order valence-corrected chi connectivity index (χ4v) is 6.66. The van der Waals surface area contributed by atoms with Crippen molar-refractivity contribution in [3.05, 3.63) is 70.5 Å². The molecule has 0 radical (unpaired) electrons. The maximum atomic E-state index is 14.0. The average Bonchev–Trinajstić information content (AvgIpc) is 3.48. The average molecular weight is 472 g/mol. The van der Waals surface area contributed by atoms with Crippen molar-refractivity contribution in [2.75, 3.05) is 26.2 Å². The first-order chi connectivity index (χ1) is 15.4. The second-order valence-corrected chi connectivity index (χ2v) is 11.0. The van der Waals surface area contributed by atoms with Crippen LogP contribution in [-0.2, 0) is 22.9 Å². The van der Waals surface area contributed by atoms with Gasteiger partial charge in [0.25, 0.3) is 5.91 Å². The number of hydrogen-bond donors (Lipinski definition) is 0. The van der Waals surface area contributed by atoms with Crippen LogP contribution in [0.1, 0.15) is 27.2 Å². The molecule has 1 saturated heterocycles. The van der Waals surface area contributed by atoms with Gasteiger partial charge in [-0.05, 0) is 54.7 Å². The Kier molecular flexibility index (Phi) is 5.56. The Hall–Kier alpha value is -2.62. The van der Waals surface area contributed by atoms with Crippen molar-refractivity contribution in [2.45, 2.75) is 24.2 Å². The van der Waals surface area contributed by atoms with Crippen LogP contribution in [0.15, 0.2) is 53.6 Å². The van der Waals surface area contributed by atoms with Crippen LogP contribution in [0.5, 0.6) is 0 Å². The molecule has 32 heavy (non-hydrogen) atoms. The van der Waals surface area contributed by atoms with Gasteiger partial charge in [0.05, 0.1) is 11.1 Å². The molecule has 2 heterocycles. The van der Waals surface area contributed by atoms with Gasteiger partial charge in [-0.25, -0.2) is 17.8 Å². The second kappa shape index (κ2) is 8.38. The van der Waals surface area contributed by atoms with Gasteiger partial charge in [0, 0.05) is 31.7 Å². The van der Waals surface area contributed by atoms with Crippen LogP contribution in [0, 0.1) is 5.82 Å². The number of aromatic nitrogens is 1. The Labute approximate surface area is 190 Å². The number of piperazine rings is 1. The summed E-state index contributed by atoms with van der Waals surface area (Å²) in [4.78, 5) is 19.5. The van der Waals surface area contributed by atoms with Gasteiger partial charge in [-0.15, -0.1) is 11.3 Å². The molecular weight excluding hydrogens is 449 g/mol. The van der Waals surface area contributed by atoms with E-state index in [4.69, 9.17) is 0 Å². The van der Waals surface area contributed by atoms with Crippen LogP contribution in [0.2, 0.25) is 0 Å². The van der Waals surface area contributed by atoms with Gasteiger partial charge < -0.3 is 4.90 Å². The Bertz CT molecular complexity index is 1280. The van der Waals surface area contributed by atoms with Crippen LogP contribution >= 0.6 is 11.3 Å². The Morgan fingerprint density at radius 1 is 1.00 bits per heavy atom. The maximum absolute atomic E-state index is 14.0. The highest BCUT2D eigenvalue weighted by atomic mass is 32.2. The zero-order valence-electron chi connectivity index (χ0n) is 17.3. The molecule has 0 atom stereocenters. The summed E-state index contributed by atoms with van der Waals surface area (Å²) in [6.45, 7) is 1.08. The zero-order chi connectivity index (χ0) is 22.3. The van der Waals surface area contributed by atoms with Crippen molar-refractivity contribution in [1.82, 2.24) is 14.2 Å². The molecule has 0 unspecified atom stereocenters. The molecule has 6 nitrogen and oxygen atoms in total. The minimum absolute atomic E-state index is 0.209. The monoisotopic (exact) mass is 471 g/mol. The number of fused-ring (bicyclic) bond motifs is 1. The van der Waals surface area contributed by atoms with Crippen LogP contribution in [0.4, 0.5) is 4.39 Å². The van der Waals surface area contributed by atoms with Crippen molar-refractivity contribution in [1.29, 1.82) is 0 Å². The van der Waals surface area contributed by atoms with E-state index in [9.17, 15) is 17.6 Å². The van der Waals surface area contributed by atoms with Gasteiger partial charge in [0.1, 0.15) is 15.7 Å². The van der Waals surface area contributed by atoms with E-state index in [2.05, 4.69) is 4.98 Å². The van der Waals surface area contributed by atoms with Gasteiger partial charge >= 0.3 is 0 Å². The normalized spacial score (nSPS) is 16.8. The molecule has 1 aliphatic heterocycles. The number of halogens is 1. The summed E-state index contributed by atoms with van der Waals surface area (Å²) in [6.07, 6.45) is 4.45. The number of aryl methyl sites for hydroxylation is 2. The van der Waals surface area contributed by atoms with Gasteiger partial charge in [-0.2, -0.15) is 4.31 Å². The fourth-order valence-electron chi connectivity index (χ4n) is 4.28. The van der Waals surface area contributed by atoms with Crippen molar-refractivity contribution in [3.63, 3.8) is 0 Å². The van der Waals surface area contributed by atoms with E-state index in [0.717, 1.165) is 36.2 Å². The summed E-state index contributed by atoms with van der Waals surface area (Å²) in [5, 5.41) is 0.448. The number of carbonyl (C=O) groups excluding carboxylic acids is 1. The second-order valence-electron chi connectivity index (χ2n) is 7.99. The summed E-state index contributed by atoms with van der Waals surface area (Å²) < 4.78 is 41.7. The molecule has 1 aromatic heterocycles. The van der Waals surface area contributed by atoms with Gasteiger partial charge in [0.2, 0.25) is 10.0 Å². The smallest absolute Gasteiger partial charge is 0.265 e. The van der Waals surface area contributed by atoms with Crippen LogP contribution in [0.3, 0.4) is 0 Å². The molecule has 1 aliphatic carbocycles. The predicted octanol–water partition coefficient (Wildman–Crippen LogP) is 3.58. The fraction of sp³-hybridized carbons (Fsp3) is 0.304. The molecule has 1 amide bonds. The van der Waals surface area contributed by atoms with Gasteiger partial charge in [-0.3, -0.25) is 4.79 Å². The van der Waals surface area contributed by atoms with Crippen molar-refractivity contribution >= 4 is 27.3 Å². The van der Waals surface area contributed by atoms with E-state index in [1.54, 1.807) is 35.2 Å². The van der Waals surface area contributed by atoms with Crippen LogP contribution in [-0.4, -0.2) is 54.7 Å². The zero-order valence-corrected chi connectivity index (χ0v) is 19.0. The first-order valence-electron chi connectivity index (χ1n) is 10.6. The molecule has 0 bridgehead atoms. The lowest BCUT2D eigenvalue weighted by atomic mass is 10.1. The maximum Gasteiger partial charge on any atom is 0.265 e. The van der Waals surface area contributed by atoms with Crippen LogP contribution in [0.25, 0.3) is 10.6 Å². The van der Waals surface area contributed by atoms with Crippen molar-refractivity contribution in [3.8, 4) is 10.6 Å². The van der Waals surface area contributed by atoms with Crippen molar-refractivity contribution < 1.29 is 17.6 Å². The highest BCUT2D eigenvalue weighted by molar-refractivity contribution is 7.89. The van der Waals surface area contributed by atoms with Crippen LogP contribution < -0.4 is 0 Å². The number of rotatable bonds is 4. The molecule has 2 aliphatic rings. The third-order valence-corrected chi connectivity index (χ3v) is 8.97. The summed E-state index contributed by atoms with van der Waals surface area (Å²) >= 11 is 1.14. The Balaban J connectivity index is 1.27. The molecule has 9 heteroatoms. The summed E-state index contributed by atoms with van der Waals surface area (Å²) in [5.74, 6) is -0.592. The predicted molar refractivity (Wildman–Crippen MR) is 121 cm³/mol. The molecule has 2 aromatic carbocycles. The number of amides is 1. The number of hydrogen-bond acceptors (Lipinski definition) is 5. The standard InChI is InChI=1S/C23H22FN3O3S2/c24-20-7-2-1-6-19(20)22-25-15-21(31-22)23(28)26-10-12-27(13-11-26)32(29,30)18-9-8-16-4-3-5-17(16)14-18/h1-2,6-9,14-15H,3-5,10-13H2. The SMILES string of the molecule is O=C(c1cnc(-c2ccccc2F)s1)N1CCN(S(=O)(=O)c2ccc3c(c2)CCC3)CC1. The number of carbonyl (C=O) groups is 1. The molecule has 0 saturated carbocycles. The Morgan fingerprint density at radius 2 is 1.75 bits per heavy atom. The van der Waals surface area contributed by atoms with E-state index in [1.807, 2.05) is 6.07 Å². The molecule has 0 N–H and O–H groups in total. The van der Waals surface area contributed by atoms with E-state index in [1.165, 1.54) is 22.1 Å². The topological polar surface area (TPSA) is 70.6 Å². The first kappa shape index (κ1) is 21.2. The number of benzene rings is 2. The molecule has 3 aromatic rings. The molecular formula is C23H22FN3O3S2. The quantitative estimate of drug-likeness (QED) is 0.583. The van der Waals surface area contributed by atoms with Gasteiger partial charge in [-0.1, -0.05) is 18.2 Å². The molecule has 1 fully saturated rings. The lowest BCUT2D eigenvalue weighted by molar-refractivity contribution is 0.0702. The van der Waals surface area contributed by atoms with E-state index in [-0.39, 0.29) is 24.8 Å². The minimum atomic E-state index is -3.59. The summed E-state index contributed by atoms with van der Waals surface area (Å²) in [5.41, 5.74) is 2.72. The molecule has 166 valence electrons. The van der Waals surface area contributed by atoms with Crippen molar-refractivity contribution in [2.24, 2.45) is 0 Å². The lowest BCUT2D eigenvalue weighted by Crippen LogP contribution is -2.50. The third-order valence-electron chi connectivity index (χ3n) is 6.05. The molecule has 5 rings (SSSR count). The third kappa shape index (κ3) is 3.85. The number of thiazole rings is 1. The summed E-state index contributed by atoms with van der Waals surface area (Å²) in [6, 6.07) is 11.7. The van der Waals surface area contributed by atoms with E-state index >= 15 is 0 Å². The summed E-state index contributed by atoms with van der Waals surface area (Å²) in [7, 11) is -3.59. The van der Waals surface area contributed by atoms with E-state index in [0.29, 0.717) is 33.4 Å². The highest BCUT2D eigenvalue weighted by Gasteiger charge is 2.31. The van der Waals surface area contributed by atoms with Gasteiger partial charge in [0.15, 0.2) is 0 Å². The molecule has 0 spiro atoms. The van der Waals surface area contributed by atoms with E-state index < -0.39 is 10.0 Å². The largest absolute Gasteiger partial charge is 0.335 e. The number of sulfonamides is 1.